The van der Waals surface area contributed by atoms with Crippen molar-refractivity contribution < 1.29 is 71.4 Å². The summed E-state index contributed by atoms with van der Waals surface area (Å²) in [6.07, 6.45) is 2.97. The van der Waals surface area contributed by atoms with E-state index in [2.05, 4.69) is 0 Å². The fourth-order valence-corrected chi connectivity index (χ4v) is 7.36. The minimum Gasteiger partial charge on any atom is -0.461 e. The number of hydrogen-bond acceptors (Lipinski definition) is 21. The van der Waals surface area contributed by atoms with Gasteiger partial charge >= 0.3 is 35.8 Å². The van der Waals surface area contributed by atoms with E-state index < -0.39 is 62.0 Å². The lowest BCUT2D eigenvalue weighted by Crippen LogP contribution is -2.37. The third-order valence-corrected chi connectivity index (χ3v) is 12.0. The van der Waals surface area contributed by atoms with E-state index in [1.54, 1.807) is 72.8 Å². The standard InChI is InChI=1S/C56H60N6O15/c1-5-60(23-20-47(63)75-50-32-69-50)44-14-8-38(9-15-44)26-41(29-57)53(66)72-35-56(4,36-73-54(67)42(30-58)27-39-10-16-45(17-11-39)61(6-2)24-21-48(64)76-51-33-70-51)37-74-55(68)43(31-59)28-40-12-18-46(19-13-40)62(7-3)25-22-49(65)77-52-34-71-52/h8-19,26-28,50-52H,5-7,20-25,32-37H2,1-4H3/b41-26+,42-27+,43-28+. The molecule has 0 aromatic heterocycles. The van der Waals surface area contributed by atoms with Gasteiger partial charge in [0, 0.05) is 56.3 Å². The predicted octanol–water partition coefficient (Wildman–Crippen LogP) is 5.79. The summed E-state index contributed by atoms with van der Waals surface area (Å²) < 4.78 is 47.1. The Hall–Kier alpha value is -8.55. The number of hydrogen-bond donors (Lipinski definition) is 0. The van der Waals surface area contributed by atoms with Gasteiger partial charge in [-0.25, -0.2) is 14.4 Å². The Balaban J connectivity index is 1.12. The molecule has 3 saturated heterocycles. The van der Waals surface area contributed by atoms with E-state index in [0.717, 1.165) is 17.1 Å². The smallest absolute Gasteiger partial charge is 0.348 e. The molecule has 21 nitrogen and oxygen atoms in total. The number of carbonyl (C=O) groups excluding carboxylic acids is 6. The van der Waals surface area contributed by atoms with Gasteiger partial charge in [0.25, 0.3) is 0 Å². The maximum Gasteiger partial charge on any atom is 0.348 e. The fraction of sp³-hybridized carbons (Fsp3) is 0.411. The molecule has 0 spiro atoms. The van der Waals surface area contributed by atoms with E-state index in [1.165, 1.54) is 25.2 Å². The second-order valence-corrected chi connectivity index (χ2v) is 18.1. The van der Waals surface area contributed by atoms with Gasteiger partial charge in [0.05, 0.1) is 24.7 Å². The molecule has 0 radical (unpaired) electrons. The zero-order valence-electron chi connectivity index (χ0n) is 43.3. The molecule has 3 aliphatic rings. The summed E-state index contributed by atoms with van der Waals surface area (Å²) in [7, 11) is 0. The first-order valence-corrected chi connectivity index (χ1v) is 25.0. The molecule has 21 heteroatoms. The Bertz CT molecular complexity index is 2500. The van der Waals surface area contributed by atoms with Crippen molar-refractivity contribution in [2.75, 3.05) is 93.6 Å². The summed E-state index contributed by atoms with van der Waals surface area (Å²) in [5.41, 5.74) is 1.17. The van der Waals surface area contributed by atoms with E-state index in [1.807, 2.05) is 53.7 Å². The van der Waals surface area contributed by atoms with Crippen LogP contribution in [0.15, 0.2) is 89.5 Å². The highest BCUT2D eigenvalue weighted by Gasteiger charge is 2.33. The molecule has 0 aliphatic carbocycles. The van der Waals surface area contributed by atoms with Crippen LogP contribution in [0.1, 0.15) is 63.6 Å². The van der Waals surface area contributed by atoms with Gasteiger partial charge in [0.15, 0.2) is 0 Å². The highest BCUT2D eigenvalue weighted by atomic mass is 16.8. The van der Waals surface area contributed by atoms with Gasteiger partial charge in [-0.05, 0) is 99.0 Å². The van der Waals surface area contributed by atoms with E-state index in [0.29, 0.717) is 75.8 Å². The number of benzene rings is 3. The number of rotatable bonds is 30. The summed E-state index contributed by atoms with van der Waals surface area (Å²) in [5, 5.41) is 30.1. The number of esters is 6. The van der Waals surface area contributed by atoms with Crippen molar-refractivity contribution in [3.63, 3.8) is 0 Å². The van der Waals surface area contributed by atoms with Gasteiger partial charge in [-0.2, -0.15) is 15.8 Å². The van der Waals surface area contributed by atoms with Crippen LogP contribution in [0.3, 0.4) is 0 Å². The summed E-state index contributed by atoms with van der Waals surface area (Å²) in [6, 6.07) is 26.3. The van der Waals surface area contributed by atoms with Crippen LogP contribution in [-0.4, -0.2) is 134 Å². The topological polar surface area (TPSA) is 276 Å². The first-order valence-electron chi connectivity index (χ1n) is 25.0. The number of anilines is 3. The Kier molecular flexibility index (Phi) is 21.3. The van der Waals surface area contributed by atoms with Crippen molar-refractivity contribution in [2.45, 2.75) is 65.8 Å². The van der Waals surface area contributed by atoms with Crippen molar-refractivity contribution in [3.05, 3.63) is 106 Å². The van der Waals surface area contributed by atoms with Gasteiger partial charge in [0.2, 0.25) is 18.9 Å². The summed E-state index contributed by atoms with van der Waals surface area (Å²) in [4.78, 5) is 82.7. The van der Waals surface area contributed by atoms with E-state index in [-0.39, 0.29) is 53.9 Å². The fourth-order valence-electron chi connectivity index (χ4n) is 7.36. The number of epoxide rings is 3. The van der Waals surface area contributed by atoms with Crippen molar-refractivity contribution in [2.24, 2.45) is 5.41 Å². The second kappa shape index (κ2) is 28.4. The number of nitrogens with zero attached hydrogens (tertiary/aromatic N) is 6. The predicted molar refractivity (Wildman–Crippen MR) is 276 cm³/mol. The van der Waals surface area contributed by atoms with Crippen molar-refractivity contribution in [3.8, 4) is 18.2 Å². The maximum absolute atomic E-state index is 13.5. The Morgan fingerprint density at radius 2 is 0.740 bits per heavy atom. The van der Waals surface area contributed by atoms with Crippen LogP contribution in [0, 0.1) is 39.4 Å². The van der Waals surface area contributed by atoms with Gasteiger partial charge in [-0.1, -0.05) is 36.4 Å². The number of nitriles is 3. The van der Waals surface area contributed by atoms with Gasteiger partial charge < -0.3 is 57.3 Å². The first kappa shape index (κ1) is 57.7. The molecule has 3 atom stereocenters. The third-order valence-electron chi connectivity index (χ3n) is 12.0. The molecule has 0 saturated carbocycles. The maximum atomic E-state index is 13.5. The lowest BCUT2D eigenvalue weighted by atomic mass is 9.94. The molecule has 3 fully saturated rings. The van der Waals surface area contributed by atoms with Crippen molar-refractivity contribution >= 4 is 71.1 Å². The van der Waals surface area contributed by atoms with E-state index in [9.17, 15) is 44.6 Å². The van der Waals surface area contributed by atoms with Crippen LogP contribution < -0.4 is 14.7 Å². The van der Waals surface area contributed by atoms with Gasteiger partial charge in [-0.15, -0.1) is 0 Å². The molecule has 3 heterocycles. The van der Waals surface area contributed by atoms with Crippen LogP contribution in [-0.2, 0) is 71.4 Å². The van der Waals surface area contributed by atoms with Crippen LogP contribution in [0.25, 0.3) is 18.2 Å². The quantitative estimate of drug-likeness (QED) is 0.0251. The highest BCUT2D eigenvalue weighted by Crippen LogP contribution is 2.25. The molecule has 0 bridgehead atoms. The third kappa shape index (κ3) is 19.0. The number of carbonyl (C=O) groups is 6. The Labute approximate surface area is 446 Å². The number of ether oxygens (including phenoxy) is 9. The molecule has 3 unspecified atom stereocenters. The van der Waals surface area contributed by atoms with Crippen LogP contribution in [0.2, 0.25) is 0 Å². The largest absolute Gasteiger partial charge is 0.461 e. The highest BCUT2D eigenvalue weighted by molar-refractivity contribution is 5.99. The second-order valence-electron chi connectivity index (χ2n) is 18.1. The van der Waals surface area contributed by atoms with Gasteiger partial charge in [-0.3, -0.25) is 14.4 Å². The summed E-state index contributed by atoms with van der Waals surface area (Å²) in [5.74, 6) is -4.26. The molecule has 3 aromatic carbocycles. The Morgan fingerprint density at radius 1 is 0.494 bits per heavy atom. The Morgan fingerprint density at radius 3 is 0.948 bits per heavy atom. The molecule has 3 aromatic rings. The monoisotopic (exact) mass is 1060 g/mol. The molecule has 404 valence electrons. The molecule has 6 rings (SSSR count). The van der Waals surface area contributed by atoms with Crippen LogP contribution in [0.5, 0.6) is 0 Å². The lowest BCUT2D eigenvalue weighted by molar-refractivity contribution is -0.155. The van der Waals surface area contributed by atoms with Crippen LogP contribution in [0.4, 0.5) is 17.1 Å². The molecule has 0 N–H and O–H groups in total. The molecular weight excluding hydrogens is 997 g/mol. The average Bonchev–Trinajstić information content (AvgIpc) is 4.30. The van der Waals surface area contributed by atoms with Crippen molar-refractivity contribution in [1.29, 1.82) is 15.8 Å². The molecule has 3 aliphatic heterocycles. The lowest BCUT2D eigenvalue weighted by Gasteiger charge is -2.28. The van der Waals surface area contributed by atoms with E-state index in [4.69, 9.17) is 42.6 Å². The molecule has 0 amide bonds. The zero-order valence-corrected chi connectivity index (χ0v) is 43.3. The summed E-state index contributed by atoms with van der Waals surface area (Å²) >= 11 is 0. The zero-order chi connectivity index (χ0) is 55.3. The first-order chi connectivity index (χ1) is 37.1. The summed E-state index contributed by atoms with van der Waals surface area (Å²) in [6.45, 7) is 9.66. The normalized spacial score (nSPS) is 17.1. The SMILES string of the molecule is CCN(CCC(=O)OC1CO1)c1ccc(/C=C(\C#N)C(=O)OCC(C)(COC(=O)/C(C#N)=C/c2ccc(N(CC)CCC(=O)OC3CO3)cc2)COC(=O)/C(C#N)=C/c2ccc(N(CC)CCC(=O)OC3CO3)cc2)cc1. The minimum atomic E-state index is -1.50. The minimum absolute atomic E-state index is 0.144. The molecular formula is C56H60N6O15. The average molecular weight is 1060 g/mol. The van der Waals surface area contributed by atoms with Crippen LogP contribution >= 0.6 is 0 Å². The van der Waals surface area contributed by atoms with E-state index >= 15 is 0 Å². The van der Waals surface area contributed by atoms with Gasteiger partial charge in [0.1, 0.15) is 74.6 Å². The molecule has 77 heavy (non-hydrogen) atoms. The van der Waals surface area contributed by atoms with Crippen molar-refractivity contribution in [1.82, 2.24) is 0 Å².